The number of amides is 1. The van der Waals surface area contributed by atoms with Crippen LogP contribution in [0.4, 0.5) is 4.79 Å². The zero-order valence-electron chi connectivity index (χ0n) is 13.6. The van der Waals surface area contributed by atoms with Crippen molar-refractivity contribution >= 4 is 17.1 Å². The molecular weight excluding hydrogens is 278 g/mol. The Kier molecular flexibility index (Phi) is 3.38. The van der Waals surface area contributed by atoms with Gasteiger partial charge in [0.15, 0.2) is 0 Å². The predicted molar refractivity (Wildman–Crippen MR) is 85.6 cm³/mol. The van der Waals surface area contributed by atoms with Gasteiger partial charge >= 0.3 is 6.09 Å². The molecule has 1 saturated heterocycles. The van der Waals surface area contributed by atoms with Gasteiger partial charge in [0, 0.05) is 6.54 Å². The van der Waals surface area contributed by atoms with E-state index < -0.39 is 11.1 Å². The van der Waals surface area contributed by atoms with Crippen LogP contribution in [0.5, 0.6) is 0 Å². The van der Waals surface area contributed by atoms with Crippen molar-refractivity contribution < 1.29 is 9.53 Å². The van der Waals surface area contributed by atoms with Gasteiger partial charge < -0.3 is 9.72 Å². The van der Waals surface area contributed by atoms with Crippen LogP contribution in [-0.2, 0) is 10.3 Å². The highest BCUT2D eigenvalue weighted by atomic mass is 16.6. The molecule has 0 unspecified atom stereocenters. The molecule has 5 nitrogen and oxygen atoms in total. The molecule has 0 spiro atoms. The number of H-pyrrole nitrogens is 1. The SMILES string of the molecule is CC(C)(C)OC(=O)N1CCC[C@@]1(C)c1nc2ccccc2[nH]1. The van der Waals surface area contributed by atoms with Gasteiger partial charge in [0.05, 0.1) is 11.0 Å². The number of aromatic amines is 1. The third-order valence-electron chi connectivity index (χ3n) is 4.15. The van der Waals surface area contributed by atoms with Crippen molar-refractivity contribution in [2.75, 3.05) is 6.54 Å². The lowest BCUT2D eigenvalue weighted by atomic mass is 9.98. The first-order chi connectivity index (χ1) is 10.3. The number of hydrogen-bond acceptors (Lipinski definition) is 3. The maximum absolute atomic E-state index is 12.5. The fraction of sp³-hybridized carbons (Fsp3) is 0.529. The summed E-state index contributed by atoms with van der Waals surface area (Å²) < 4.78 is 5.56. The molecule has 2 heterocycles. The lowest BCUT2D eigenvalue weighted by Gasteiger charge is -2.34. The summed E-state index contributed by atoms with van der Waals surface area (Å²) in [6.07, 6.45) is 1.56. The molecule has 1 N–H and O–H groups in total. The number of carbonyl (C=O) groups excluding carboxylic acids is 1. The average molecular weight is 301 g/mol. The van der Waals surface area contributed by atoms with E-state index in [-0.39, 0.29) is 6.09 Å². The van der Waals surface area contributed by atoms with E-state index in [4.69, 9.17) is 9.72 Å². The first-order valence-corrected chi connectivity index (χ1v) is 7.75. The Morgan fingerprint density at radius 2 is 2.09 bits per heavy atom. The Hall–Kier alpha value is -2.04. The maximum Gasteiger partial charge on any atom is 0.411 e. The molecule has 1 aromatic carbocycles. The number of nitrogens with zero attached hydrogens (tertiary/aromatic N) is 2. The van der Waals surface area contributed by atoms with Gasteiger partial charge in [-0.05, 0) is 52.7 Å². The summed E-state index contributed by atoms with van der Waals surface area (Å²) in [5.41, 5.74) is 0.986. The maximum atomic E-state index is 12.5. The molecule has 0 bridgehead atoms. The van der Waals surface area contributed by atoms with Crippen molar-refractivity contribution in [1.82, 2.24) is 14.9 Å². The van der Waals surface area contributed by atoms with Crippen LogP contribution in [0.15, 0.2) is 24.3 Å². The number of fused-ring (bicyclic) bond motifs is 1. The summed E-state index contributed by atoms with van der Waals surface area (Å²) in [6.45, 7) is 8.42. The van der Waals surface area contributed by atoms with Crippen LogP contribution in [0.1, 0.15) is 46.4 Å². The van der Waals surface area contributed by atoms with Crippen LogP contribution in [-0.4, -0.2) is 33.1 Å². The fourth-order valence-corrected chi connectivity index (χ4v) is 3.03. The van der Waals surface area contributed by atoms with Gasteiger partial charge in [-0.2, -0.15) is 0 Å². The van der Waals surface area contributed by atoms with E-state index in [1.165, 1.54) is 0 Å². The molecule has 1 aliphatic rings. The van der Waals surface area contributed by atoms with Crippen molar-refractivity contribution in [3.05, 3.63) is 30.1 Å². The Morgan fingerprint density at radius 3 is 2.77 bits per heavy atom. The topological polar surface area (TPSA) is 58.2 Å². The molecule has 118 valence electrons. The quantitative estimate of drug-likeness (QED) is 0.871. The zero-order valence-corrected chi connectivity index (χ0v) is 13.6. The average Bonchev–Trinajstić information content (AvgIpc) is 3.00. The minimum absolute atomic E-state index is 0.270. The van der Waals surface area contributed by atoms with Crippen LogP contribution in [0.3, 0.4) is 0 Å². The van der Waals surface area contributed by atoms with Crippen LogP contribution >= 0.6 is 0 Å². The number of aromatic nitrogens is 2. The van der Waals surface area contributed by atoms with E-state index in [9.17, 15) is 4.79 Å². The van der Waals surface area contributed by atoms with Gasteiger partial charge in [0.25, 0.3) is 0 Å². The molecular formula is C17H23N3O2. The monoisotopic (exact) mass is 301 g/mol. The standard InChI is InChI=1S/C17H23N3O2/c1-16(2,3)22-15(21)20-11-7-10-17(20,4)14-18-12-8-5-6-9-13(12)19-14/h5-6,8-9H,7,10-11H2,1-4H3,(H,18,19)/t17-/m0/s1. The van der Waals surface area contributed by atoms with E-state index in [0.29, 0.717) is 6.54 Å². The third-order valence-corrected chi connectivity index (χ3v) is 4.15. The van der Waals surface area contributed by atoms with Crippen LogP contribution < -0.4 is 0 Å². The molecule has 0 radical (unpaired) electrons. The normalized spacial score (nSPS) is 22.3. The molecule has 3 rings (SSSR count). The Bertz CT molecular complexity index is 668. The fourth-order valence-electron chi connectivity index (χ4n) is 3.03. The number of ether oxygens (including phenoxy) is 1. The molecule has 0 aliphatic carbocycles. The van der Waals surface area contributed by atoms with E-state index in [0.717, 1.165) is 29.7 Å². The number of benzene rings is 1. The lowest BCUT2D eigenvalue weighted by Crippen LogP contribution is -2.46. The first kappa shape index (κ1) is 14.9. The van der Waals surface area contributed by atoms with Crippen LogP contribution in [0.2, 0.25) is 0 Å². The van der Waals surface area contributed by atoms with Gasteiger partial charge in [-0.3, -0.25) is 4.90 Å². The molecule has 22 heavy (non-hydrogen) atoms. The summed E-state index contributed by atoms with van der Waals surface area (Å²) in [5, 5.41) is 0. The summed E-state index contributed by atoms with van der Waals surface area (Å²) in [6, 6.07) is 7.93. The number of carbonyl (C=O) groups is 1. The molecule has 1 fully saturated rings. The van der Waals surface area contributed by atoms with E-state index >= 15 is 0 Å². The van der Waals surface area contributed by atoms with E-state index in [2.05, 4.69) is 11.9 Å². The number of likely N-dealkylation sites (tertiary alicyclic amines) is 1. The predicted octanol–water partition coefficient (Wildman–Crippen LogP) is 3.81. The van der Waals surface area contributed by atoms with Crippen molar-refractivity contribution in [1.29, 1.82) is 0 Å². The molecule has 1 aliphatic heterocycles. The van der Waals surface area contributed by atoms with Gasteiger partial charge in [-0.25, -0.2) is 9.78 Å². The number of para-hydroxylation sites is 2. The Morgan fingerprint density at radius 1 is 1.36 bits per heavy atom. The van der Waals surface area contributed by atoms with Gasteiger partial charge in [-0.1, -0.05) is 12.1 Å². The molecule has 2 aromatic rings. The van der Waals surface area contributed by atoms with Crippen molar-refractivity contribution in [2.24, 2.45) is 0 Å². The number of rotatable bonds is 1. The Labute approximate surface area is 130 Å². The molecule has 1 atom stereocenters. The third kappa shape index (κ3) is 2.56. The Balaban J connectivity index is 1.94. The minimum Gasteiger partial charge on any atom is -0.444 e. The van der Waals surface area contributed by atoms with E-state index in [1.807, 2.05) is 45.0 Å². The summed E-state index contributed by atoms with van der Waals surface area (Å²) in [5.74, 6) is 0.831. The minimum atomic E-state index is -0.492. The molecule has 1 amide bonds. The van der Waals surface area contributed by atoms with Gasteiger partial charge in [0.2, 0.25) is 0 Å². The second kappa shape index (κ2) is 5.00. The molecule has 0 saturated carbocycles. The van der Waals surface area contributed by atoms with Crippen molar-refractivity contribution in [3.63, 3.8) is 0 Å². The number of nitrogens with one attached hydrogen (secondary N) is 1. The molecule has 1 aromatic heterocycles. The summed E-state index contributed by atoms with van der Waals surface area (Å²) in [4.78, 5) is 22.4. The number of imidazole rings is 1. The zero-order chi connectivity index (χ0) is 16.0. The molecule has 5 heteroatoms. The van der Waals surface area contributed by atoms with E-state index in [1.54, 1.807) is 4.90 Å². The van der Waals surface area contributed by atoms with Crippen LogP contribution in [0.25, 0.3) is 11.0 Å². The summed E-state index contributed by atoms with van der Waals surface area (Å²) in [7, 11) is 0. The van der Waals surface area contributed by atoms with Crippen molar-refractivity contribution in [2.45, 2.75) is 51.7 Å². The van der Waals surface area contributed by atoms with Gasteiger partial charge in [0.1, 0.15) is 17.0 Å². The van der Waals surface area contributed by atoms with Crippen molar-refractivity contribution in [3.8, 4) is 0 Å². The van der Waals surface area contributed by atoms with Gasteiger partial charge in [-0.15, -0.1) is 0 Å². The highest BCUT2D eigenvalue weighted by Crippen LogP contribution is 2.38. The highest BCUT2D eigenvalue weighted by molar-refractivity contribution is 5.75. The van der Waals surface area contributed by atoms with Crippen LogP contribution in [0, 0.1) is 0 Å². The first-order valence-electron chi connectivity index (χ1n) is 7.75. The number of hydrogen-bond donors (Lipinski definition) is 1. The summed E-state index contributed by atoms with van der Waals surface area (Å²) >= 11 is 0. The highest BCUT2D eigenvalue weighted by Gasteiger charge is 2.45. The smallest absolute Gasteiger partial charge is 0.411 e. The second-order valence-electron chi connectivity index (χ2n) is 7.11. The second-order valence-corrected chi connectivity index (χ2v) is 7.11. The largest absolute Gasteiger partial charge is 0.444 e. The lowest BCUT2D eigenvalue weighted by molar-refractivity contribution is 0.00870.